The number of allylic oxidation sites excluding steroid dienone is 2. The molecule has 5 rings (SSSR count). The van der Waals surface area contributed by atoms with Crippen LogP contribution in [0.3, 0.4) is 0 Å². The number of halogens is 1. The first kappa shape index (κ1) is 29.9. The Morgan fingerprint density at radius 3 is 2.52 bits per heavy atom. The average molecular weight is 614 g/mol. The van der Waals surface area contributed by atoms with Crippen molar-refractivity contribution in [1.82, 2.24) is 15.0 Å². The standard InChI is InChI=1S/C31H24ClN5O7/c1-43-29-16-21(6-10-25(38)9-5-20-3-2-4-24(15-20)37(41)42)7-12-28(29)44-19-23-18-35(34-33-23)13-14-36-27-11-8-22(32)17-26(27)30(39)31(36)40/h2-12,15-18H,13-14,19H2,1H3/b9-5+,10-6+. The van der Waals surface area contributed by atoms with Crippen molar-refractivity contribution in [2.75, 3.05) is 18.6 Å². The number of non-ortho nitro benzene ring substituents is 1. The maximum atomic E-state index is 12.4. The Bertz CT molecular complexity index is 1830. The molecular weight excluding hydrogens is 590 g/mol. The van der Waals surface area contributed by atoms with Crippen LogP contribution >= 0.6 is 11.6 Å². The molecule has 222 valence electrons. The lowest BCUT2D eigenvalue weighted by Gasteiger charge is -2.16. The van der Waals surface area contributed by atoms with Crippen molar-refractivity contribution in [2.24, 2.45) is 0 Å². The van der Waals surface area contributed by atoms with Gasteiger partial charge in [-0.25, -0.2) is 0 Å². The molecule has 0 bridgehead atoms. The van der Waals surface area contributed by atoms with Crippen LogP contribution in [0.1, 0.15) is 27.2 Å². The highest BCUT2D eigenvalue weighted by Crippen LogP contribution is 2.31. The third-order valence-electron chi connectivity index (χ3n) is 6.60. The van der Waals surface area contributed by atoms with Gasteiger partial charge in [0.1, 0.15) is 12.3 Å². The SMILES string of the molecule is COc1cc(/C=C/C(=O)/C=C/c2cccc([N+](=O)[O-])c2)ccc1OCc1cn(CCN2C(=O)C(=O)c3cc(Cl)ccc32)nn1. The number of carbonyl (C=O) groups is 3. The number of anilines is 1. The van der Waals surface area contributed by atoms with Gasteiger partial charge >= 0.3 is 0 Å². The normalized spacial score (nSPS) is 12.7. The van der Waals surface area contributed by atoms with Crippen LogP contribution in [0.5, 0.6) is 11.5 Å². The molecule has 0 unspecified atom stereocenters. The van der Waals surface area contributed by atoms with E-state index in [4.69, 9.17) is 21.1 Å². The number of rotatable bonds is 12. The highest BCUT2D eigenvalue weighted by Gasteiger charge is 2.35. The minimum atomic E-state index is -0.613. The lowest BCUT2D eigenvalue weighted by molar-refractivity contribution is -0.384. The predicted molar refractivity (Wildman–Crippen MR) is 162 cm³/mol. The zero-order chi connectivity index (χ0) is 31.2. The van der Waals surface area contributed by atoms with Gasteiger partial charge in [0, 0.05) is 23.7 Å². The number of methoxy groups -OCH3 is 1. The molecule has 44 heavy (non-hydrogen) atoms. The first-order valence-electron chi connectivity index (χ1n) is 13.2. The fraction of sp³-hybridized carbons (Fsp3) is 0.129. The number of nitrogens with zero attached hydrogens (tertiary/aromatic N) is 5. The molecule has 0 radical (unpaired) electrons. The number of ether oxygens (including phenoxy) is 2. The van der Waals surface area contributed by atoms with Gasteiger partial charge in [0.25, 0.3) is 17.4 Å². The van der Waals surface area contributed by atoms with Crippen LogP contribution in [0.2, 0.25) is 5.02 Å². The number of hydrogen-bond acceptors (Lipinski definition) is 9. The molecule has 0 atom stereocenters. The van der Waals surface area contributed by atoms with Gasteiger partial charge in [-0.05, 0) is 53.6 Å². The quantitative estimate of drug-likeness (QED) is 0.0936. The van der Waals surface area contributed by atoms with Gasteiger partial charge in [-0.2, -0.15) is 0 Å². The van der Waals surface area contributed by atoms with E-state index in [-0.39, 0.29) is 30.2 Å². The molecule has 0 saturated heterocycles. The molecule has 4 aromatic rings. The summed E-state index contributed by atoms with van der Waals surface area (Å²) in [6.45, 7) is 0.616. The van der Waals surface area contributed by atoms with Crippen molar-refractivity contribution in [3.8, 4) is 11.5 Å². The van der Waals surface area contributed by atoms with Crippen LogP contribution in [-0.2, 0) is 22.7 Å². The minimum Gasteiger partial charge on any atom is -0.493 e. The first-order chi connectivity index (χ1) is 21.2. The fourth-order valence-corrected chi connectivity index (χ4v) is 4.60. The summed E-state index contributed by atoms with van der Waals surface area (Å²) in [6, 6.07) is 15.9. The fourth-order valence-electron chi connectivity index (χ4n) is 4.42. The van der Waals surface area contributed by atoms with Crippen molar-refractivity contribution < 1.29 is 28.8 Å². The number of nitro benzene ring substituents is 1. The summed E-state index contributed by atoms with van der Waals surface area (Å²) in [4.78, 5) is 48.8. The van der Waals surface area contributed by atoms with Crippen molar-refractivity contribution in [3.63, 3.8) is 0 Å². The van der Waals surface area contributed by atoms with Gasteiger partial charge in [-0.3, -0.25) is 29.2 Å². The number of aromatic nitrogens is 3. The van der Waals surface area contributed by atoms with E-state index in [2.05, 4.69) is 10.3 Å². The van der Waals surface area contributed by atoms with E-state index >= 15 is 0 Å². The van der Waals surface area contributed by atoms with Gasteiger partial charge in [0.05, 0.1) is 36.0 Å². The van der Waals surface area contributed by atoms with E-state index in [0.29, 0.717) is 45.6 Å². The summed E-state index contributed by atoms with van der Waals surface area (Å²) in [7, 11) is 1.50. The summed E-state index contributed by atoms with van der Waals surface area (Å²) >= 11 is 5.97. The molecule has 1 amide bonds. The first-order valence-corrected chi connectivity index (χ1v) is 13.6. The van der Waals surface area contributed by atoms with Crippen molar-refractivity contribution >= 4 is 52.6 Å². The molecule has 0 spiro atoms. The summed E-state index contributed by atoms with van der Waals surface area (Å²) in [5.74, 6) is -0.610. The lowest BCUT2D eigenvalue weighted by Crippen LogP contribution is -2.32. The molecule has 1 aliphatic rings. The maximum Gasteiger partial charge on any atom is 0.299 e. The number of ketones is 2. The van der Waals surface area contributed by atoms with Crippen molar-refractivity contribution in [2.45, 2.75) is 13.2 Å². The number of hydrogen-bond donors (Lipinski definition) is 0. The van der Waals surface area contributed by atoms with Gasteiger partial charge in [-0.15, -0.1) is 5.10 Å². The largest absolute Gasteiger partial charge is 0.493 e. The Hall–Kier alpha value is -5.62. The van der Waals surface area contributed by atoms with Gasteiger partial charge in [-0.1, -0.05) is 47.2 Å². The van der Waals surface area contributed by atoms with Crippen LogP contribution in [0.25, 0.3) is 12.2 Å². The number of benzene rings is 3. The lowest BCUT2D eigenvalue weighted by atomic mass is 10.1. The number of Topliss-reactive ketones (excluding diaryl/α,β-unsaturated/α-hetero) is 1. The Morgan fingerprint density at radius 2 is 1.77 bits per heavy atom. The Labute approximate surface area is 255 Å². The highest BCUT2D eigenvalue weighted by atomic mass is 35.5. The second-order valence-corrected chi connectivity index (χ2v) is 9.98. The third-order valence-corrected chi connectivity index (χ3v) is 6.83. The predicted octanol–water partition coefficient (Wildman–Crippen LogP) is 4.95. The Kier molecular flexibility index (Phi) is 8.91. The Balaban J connectivity index is 1.15. The smallest absolute Gasteiger partial charge is 0.299 e. The molecule has 3 aromatic carbocycles. The van der Waals surface area contributed by atoms with Crippen molar-refractivity contribution in [1.29, 1.82) is 0 Å². The van der Waals surface area contributed by atoms with E-state index in [1.54, 1.807) is 59.4 Å². The molecular formula is C31H24ClN5O7. The highest BCUT2D eigenvalue weighted by molar-refractivity contribution is 6.52. The van der Waals surface area contributed by atoms with Crippen LogP contribution in [0, 0.1) is 10.1 Å². The van der Waals surface area contributed by atoms with Crippen LogP contribution in [0.4, 0.5) is 11.4 Å². The van der Waals surface area contributed by atoms with E-state index in [1.165, 1.54) is 48.4 Å². The van der Waals surface area contributed by atoms with E-state index < -0.39 is 16.6 Å². The molecule has 1 aliphatic heterocycles. The van der Waals surface area contributed by atoms with Crippen LogP contribution < -0.4 is 14.4 Å². The van der Waals surface area contributed by atoms with E-state index in [0.717, 1.165) is 0 Å². The zero-order valence-electron chi connectivity index (χ0n) is 23.3. The molecule has 2 heterocycles. The number of carbonyl (C=O) groups excluding carboxylic acids is 3. The van der Waals surface area contributed by atoms with Gasteiger partial charge in [0.2, 0.25) is 0 Å². The topological polar surface area (TPSA) is 147 Å². The van der Waals surface area contributed by atoms with E-state index in [1.807, 2.05) is 0 Å². The number of fused-ring (bicyclic) bond motifs is 1. The maximum absolute atomic E-state index is 12.4. The summed E-state index contributed by atoms with van der Waals surface area (Å²) < 4.78 is 12.9. The second kappa shape index (κ2) is 13.1. The molecule has 1 aromatic heterocycles. The molecule has 12 nitrogen and oxygen atoms in total. The van der Waals surface area contributed by atoms with Crippen LogP contribution in [-0.4, -0.2) is 51.0 Å². The molecule has 0 saturated carbocycles. The van der Waals surface area contributed by atoms with Crippen LogP contribution in [0.15, 0.2) is 79.0 Å². The Morgan fingerprint density at radius 1 is 1.00 bits per heavy atom. The summed E-state index contributed by atoms with van der Waals surface area (Å²) in [5, 5.41) is 19.5. The molecule has 13 heteroatoms. The van der Waals surface area contributed by atoms with Gasteiger partial charge < -0.3 is 14.4 Å². The summed E-state index contributed by atoms with van der Waals surface area (Å²) in [6.07, 6.45) is 7.51. The number of amides is 1. The zero-order valence-corrected chi connectivity index (χ0v) is 24.0. The molecule has 0 fully saturated rings. The monoisotopic (exact) mass is 613 g/mol. The minimum absolute atomic E-state index is 0.0546. The number of nitro groups is 1. The summed E-state index contributed by atoms with van der Waals surface area (Å²) in [5.41, 5.74) is 2.51. The van der Waals surface area contributed by atoms with E-state index in [9.17, 15) is 24.5 Å². The van der Waals surface area contributed by atoms with Crippen molar-refractivity contribution in [3.05, 3.63) is 117 Å². The van der Waals surface area contributed by atoms with Gasteiger partial charge in [0.15, 0.2) is 17.3 Å². The average Bonchev–Trinajstić information content (AvgIpc) is 3.58. The molecule has 0 aliphatic carbocycles. The molecule has 0 N–H and O–H groups in total. The third kappa shape index (κ3) is 6.88. The second-order valence-electron chi connectivity index (χ2n) is 9.54.